The van der Waals surface area contributed by atoms with Gasteiger partial charge in [0.2, 0.25) is 0 Å². The quantitative estimate of drug-likeness (QED) is 0.596. The molecule has 0 saturated carbocycles. The van der Waals surface area contributed by atoms with E-state index in [4.69, 9.17) is 4.74 Å². The van der Waals surface area contributed by atoms with Gasteiger partial charge in [-0.3, -0.25) is 4.79 Å². The number of carbonyl (C=O) groups is 1. The molecule has 1 aliphatic heterocycles. The lowest BCUT2D eigenvalue weighted by molar-refractivity contribution is -1.02. The highest BCUT2D eigenvalue weighted by atomic mass is 16.5. The molecular formula is C23H33N3O2+2. The fourth-order valence-corrected chi connectivity index (χ4v) is 3.80. The minimum atomic E-state index is 0.163. The molecule has 28 heavy (non-hydrogen) atoms. The van der Waals surface area contributed by atoms with Crippen LogP contribution in [-0.4, -0.2) is 52.3 Å². The molecule has 5 heteroatoms. The first-order valence-corrected chi connectivity index (χ1v) is 10.3. The van der Waals surface area contributed by atoms with Crippen molar-refractivity contribution in [2.75, 3.05) is 46.4 Å². The normalized spacial score (nSPS) is 20.4. The van der Waals surface area contributed by atoms with Gasteiger partial charge in [0, 0.05) is 12.1 Å². The highest BCUT2D eigenvalue weighted by molar-refractivity contribution is 5.76. The topological polar surface area (TPSA) is 47.2 Å². The summed E-state index contributed by atoms with van der Waals surface area (Å²) in [5.41, 5.74) is 2.61. The Hall–Kier alpha value is -2.37. The molecule has 0 radical (unpaired) electrons. The molecule has 0 aromatic heterocycles. The van der Waals surface area contributed by atoms with Crippen LogP contribution in [-0.2, 0) is 11.3 Å². The minimum absolute atomic E-state index is 0.163. The van der Waals surface area contributed by atoms with E-state index in [9.17, 15) is 4.79 Å². The molecule has 3 N–H and O–H groups in total. The summed E-state index contributed by atoms with van der Waals surface area (Å²) >= 11 is 0. The van der Waals surface area contributed by atoms with Crippen molar-refractivity contribution in [3.63, 3.8) is 0 Å². The van der Waals surface area contributed by atoms with Crippen LogP contribution in [0.5, 0.6) is 5.75 Å². The van der Waals surface area contributed by atoms with E-state index in [0.717, 1.165) is 38.5 Å². The summed E-state index contributed by atoms with van der Waals surface area (Å²) in [5, 5.41) is 3.11. The molecule has 1 amide bonds. The Balaban J connectivity index is 1.36. The Morgan fingerprint density at radius 1 is 1.00 bits per heavy atom. The Morgan fingerprint density at radius 3 is 2.29 bits per heavy atom. The Kier molecular flexibility index (Phi) is 7.46. The van der Waals surface area contributed by atoms with Gasteiger partial charge in [-0.1, -0.05) is 37.3 Å². The summed E-state index contributed by atoms with van der Waals surface area (Å²) in [7, 11) is 1.70. The second-order valence-electron chi connectivity index (χ2n) is 7.82. The molecule has 2 aromatic carbocycles. The van der Waals surface area contributed by atoms with Crippen molar-refractivity contribution in [3.8, 4) is 5.75 Å². The zero-order valence-electron chi connectivity index (χ0n) is 17.0. The molecule has 0 unspecified atom stereocenters. The Labute approximate surface area is 168 Å². The van der Waals surface area contributed by atoms with Gasteiger partial charge in [-0.25, -0.2) is 0 Å². The number of piperazine rings is 1. The molecule has 0 spiro atoms. The fraction of sp³-hybridized carbons (Fsp3) is 0.435. The number of carbonyl (C=O) groups excluding carboxylic acids is 1. The van der Waals surface area contributed by atoms with E-state index in [1.807, 2.05) is 30.3 Å². The highest BCUT2D eigenvalue weighted by Crippen LogP contribution is 2.12. The minimum Gasteiger partial charge on any atom is -0.497 e. The lowest BCUT2D eigenvalue weighted by atomic mass is 10.0. The molecule has 1 aliphatic rings. The number of benzene rings is 2. The summed E-state index contributed by atoms with van der Waals surface area (Å²) < 4.78 is 5.22. The highest BCUT2D eigenvalue weighted by Gasteiger charge is 2.25. The number of hydrogen-bond acceptors (Lipinski definition) is 2. The van der Waals surface area contributed by atoms with Crippen LogP contribution in [0.2, 0.25) is 0 Å². The average Bonchev–Trinajstić information content (AvgIpc) is 2.74. The van der Waals surface area contributed by atoms with E-state index in [-0.39, 0.29) is 5.91 Å². The van der Waals surface area contributed by atoms with E-state index in [1.54, 1.807) is 12.0 Å². The molecule has 2 aromatic rings. The fourth-order valence-electron chi connectivity index (χ4n) is 3.80. The van der Waals surface area contributed by atoms with Crippen molar-refractivity contribution in [1.82, 2.24) is 5.32 Å². The smallest absolute Gasteiger partial charge is 0.275 e. The van der Waals surface area contributed by atoms with E-state index in [1.165, 1.54) is 16.0 Å². The maximum atomic E-state index is 12.3. The standard InChI is InChI=1S/C23H31N3O2/c1-19(21-6-4-3-5-7-21)16-24-23(27)18-26-14-12-25(13-15-26)17-20-8-10-22(28-2)11-9-20/h3-11,19H,12-18H2,1-2H3,(H,24,27)/p+2/t19-/m1/s1. The van der Waals surface area contributed by atoms with Crippen molar-refractivity contribution < 1.29 is 19.3 Å². The van der Waals surface area contributed by atoms with Gasteiger partial charge in [0.1, 0.15) is 38.5 Å². The molecule has 1 fully saturated rings. The van der Waals surface area contributed by atoms with Gasteiger partial charge >= 0.3 is 0 Å². The average molecular weight is 384 g/mol. The molecule has 150 valence electrons. The first-order valence-electron chi connectivity index (χ1n) is 10.3. The van der Waals surface area contributed by atoms with Crippen LogP contribution >= 0.6 is 0 Å². The monoisotopic (exact) mass is 383 g/mol. The van der Waals surface area contributed by atoms with Crippen LogP contribution in [0.3, 0.4) is 0 Å². The van der Waals surface area contributed by atoms with Gasteiger partial charge in [-0.2, -0.15) is 0 Å². The summed E-state index contributed by atoms with van der Waals surface area (Å²) in [4.78, 5) is 15.3. The largest absolute Gasteiger partial charge is 0.497 e. The lowest BCUT2D eigenvalue weighted by Crippen LogP contribution is -3.28. The van der Waals surface area contributed by atoms with Crippen LogP contribution in [0, 0.1) is 0 Å². The summed E-state index contributed by atoms with van der Waals surface area (Å²) in [6, 6.07) is 18.7. The van der Waals surface area contributed by atoms with Gasteiger partial charge in [0.15, 0.2) is 6.54 Å². The van der Waals surface area contributed by atoms with Gasteiger partial charge in [-0.15, -0.1) is 0 Å². The number of hydrogen-bond donors (Lipinski definition) is 3. The SMILES string of the molecule is COc1ccc(C[NH+]2CC[NH+](CC(=O)NC[C@@H](C)c3ccccc3)CC2)cc1. The summed E-state index contributed by atoms with van der Waals surface area (Å²) in [6.45, 7) is 8.79. The van der Waals surface area contributed by atoms with Crippen molar-refractivity contribution in [1.29, 1.82) is 0 Å². The second-order valence-corrected chi connectivity index (χ2v) is 7.82. The van der Waals surface area contributed by atoms with Crippen LogP contribution in [0.1, 0.15) is 24.0 Å². The third-order valence-electron chi connectivity index (χ3n) is 5.66. The first-order chi connectivity index (χ1) is 13.6. The second kappa shape index (κ2) is 10.2. The molecule has 1 saturated heterocycles. The number of rotatable bonds is 8. The molecule has 0 bridgehead atoms. The number of nitrogens with one attached hydrogen (secondary N) is 3. The van der Waals surface area contributed by atoms with Crippen molar-refractivity contribution in [2.24, 2.45) is 0 Å². The first kappa shape index (κ1) is 20.4. The maximum Gasteiger partial charge on any atom is 0.275 e. The van der Waals surface area contributed by atoms with Crippen LogP contribution < -0.4 is 19.9 Å². The Bertz CT molecular complexity index is 725. The third-order valence-corrected chi connectivity index (χ3v) is 5.66. The number of amides is 1. The van der Waals surface area contributed by atoms with Gasteiger partial charge in [0.05, 0.1) is 7.11 Å². The van der Waals surface area contributed by atoms with Gasteiger partial charge in [-0.05, 0) is 35.7 Å². The number of methoxy groups -OCH3 is 1. The van der Waals surface area contributed by atoms with Crippen LogP contribution in [0.4, 0.5) is 0 Å². The van der Waals surface area contributed by atoms with Crippen LogP contribution in [0.25, 0.3) is 0 Å². The maximum absolute atomic E-state index is 12.3. The molecule has 3 rings (SSSR count). The van der Waals surface area contributed by atoms with Gasteiger partial charge < -0.3 is 19.9 Å². The van der Waals surface area contributed by atoms with E-state index >= 15 is 0 Å². The zero-order chi connectivity index (χ0) is 19.8. The summed E-state index contributed by atoms with van der Waals surface area (Å²) in [5.74, 6) is 1.41. The number of ether oxygens (including phenoxy) is 1. The predicted octanol–water partition coefficient (Wildman–Crippen LogP) is -0.101. The number of quaternary nitrogens is 2. The van der Waals surface area contributed by atoms with E-state index in [0.29, 0.717) is 19.0 Å². The molecule has 0 aliphatic carbocycles. The van der Waals surface area contributed by atoms with Crippen molar-refractivity contribution >= 4 is 5.91 Å². The van der Waals surface area contributed by atoms with E-state index in [2.05, 4.69) is 36.5 Å². The van der Waals surface area contributed by atoms with Crippen LogP contribution in [0.15, 0.2) is 54.6 Å². The van der Waals surface area contributed by atoms with Gasteiger partial charge in [0.25, 0.3) is 5.91 Å². The molecule has 1 atom stereocenters. The molecule has 5 nitrogen and oxygen atoms in total. The van der Waals surface area contributed by atoms with Crippen molar-refractivity contribution in [2.45, 2.75) is 19.4 Å². The Morgan fingerprint density at radius 2 is 1.64 bits per heavy atom. The summed E-state index contributed by atoms with van der Waals surface area (Å²) in [6.07, 6.45) is 0. The lowest BCUT2D eigenvalue weighted by Gasteiger charge is -2.29. The third kappa shape index (κ3) is 6.08. The molecule has 1 heterocycles. The van der Waals surface area contributed by atoms with E-state index < -0.39 is 0 Å². The van der Waals surface area contributed by atoms with Crippen molar-refractivity contribution in [3.05, 3.63) is 65.7 Å². The molecular weight excluding hydrogens is 350 g/mol. The zero-order valence-corrected chi connectivity index (χ0v) is 17.0. The predicted molar refractivity (Wildman–Crippen MR) is 111 cm³/mol.